The lowest BCUT2D eigenvalue weighted by molar-refractivity contribution is -0.116. The molecule has 0 aliphatic heterocycles. The average molecular weight is 524 g/mol. The Morgan fingerprint density at radius 2 is 1.76 bits per heavy atom. The number of thiophene rings is 1. The number of aromatic nitrogens is 2. The quantitative estimate of drug-likeness (QED) is 0.329. The van der Waals surface area contributed by atoms with Crippen LogP contribution in [0.3, 0.4) is 0 Å². The van der Waals surface area contributed by atoms with Crippen molar-refractivity contribution in [3.05, 3.63) is 80.1 Å². The third kappa shape index (κ3) is 4.94. The largest absolute Gasteiger partial charge is 0.325 e. The molecule has 0 saturated heterocycles. The normalized spacial score (nSPS) is 11.7. The van der Waals surface area contributed by atoms with E-state index in [0.717, 1.165) is 26.9 Å². The van der Waals surface area contributed by atoms with Crippen LogP contribution in [0.2, 0.25) is 0 Å². The van der Waals surface area contributed by atoms with Crippen LogP contribution in [0.5, 0.6) is 0 Å². The Balaban J connectivity index is 1.64. The molecular formula is C26H26BrN3O2S. The number of anilines is 1. The van der Waals surface area contributed by atoms with Crippen LogP contribution >= 0.6 is 27.3 Å². The second-order valence-electron chi connectivity index (χ2n) is 8.99. The van der Waals surface area contributed by atoms with E-state index < -0.39 is 0 Å². The summed E-state index contributed by atoms with van der Waals surface area (Å²) in [6, 6.07) is 15.7. The van der Waals surface area contributed by atoms with Crippen LogP contribution in [0, 0.1) is 0 Å². The van der Waals surface area contributed by atoms with E-state index in [2.05, 4.69) is 53.9 Å². The molecule has 2 heterocycles. The highest BCUT2D eigenvalue weighted by Gasteiger charge is 2.19. The smallest absolute Gasteiger partial charge is 0.263 e. The average Bonchev–Trinajstić information content (AvgIpc) is 3.15. The highest BCUT2D eigenvalue weighted by atomic mass is 79.9. The number of amides is 1. The summed E-state index contributed by atoms with van der Waals surface area (Å²) < 4.78 is 2.36. The summed E-state index contributed by atoms with van der Waals surface area (Å²) in [5.74, 6) is -0.266. The van der Waals surface area contributed by atoms with E-state index in [1.807, 2.05) is 48.5 Å². The molecule has 33 heavy (non-hydrogen) atoms. The van der Waals surface area contributed by atoms with E-state index in [4.69, 9.17) is 0 Å². The minimum Gasteiger partial charge on any atom is -0.325 e. The number of benzene rings is 2. The molecule has 0 spiro atoms. The zero-order valence-corrected chi connectivity index (χ0v) is 21.5. The zero-order valence-electron chi connectivity index (χ0n) is 19.1. The standard InChI is InChI=1S/C26H26BrN3O2S/c1-5-20-22(16-6-10-18(27)11-7-16)23-24(33-20)28-15-30(25(23)32)14-21(31)29-19-12-8-17(9-13-19)26(2,3)4/h6-13,15H,5,14H2,1-4H3,(H,29,31). The van der Waals surface area contributed by atoms with Gasteiger partial charge >= 0.3 is 0 Å². The number of carbonyl (C=O) groups excluding carboxylic acids is 1. The van der Waals surface area contributed by atoms with Crippen LogP contribution in [0.1, 0.15) is 38.1 Å². The first-order valence-corrected chi connectivity index (χ1v) is 12.5. The molecule has 0 saturated carbocycles. The number of fused-ring (bicyclic) bond motifs is 1. The number of carbonyl (C=O) groups is 1. The zero-order chi connectivity index (χ0) is 23.8. The van der Waals surface area contributed by atoms with Gasteiger partial charge in [-0.1, -0.05) is 67.9 Å². The van der Waals surface area contributed by atoms with Crippen molar-refractivity contribution in [1.82, 2.24) is 9.55 Å². The van der Waals surface area contributed by atoms with Crippen LogP contribution in [0.15, 0.2) is 64.1 Å². The summed E-state index contributed by atoms with van der Waals surface area (Å²) in [5.41, 5.74) is 3.62. The lowest BCUT2D eigenvalue weighted by atomic mass is 9.87. The molecule has 0 unspecified atom stereocenters. The Morgan fingerprint density at radius 1 is 1.09 bits per heavy atom. The van der Waals surface area contributed by atoms with Gasteiger partial charge in [-0.2, -0.15) is 0 Å². The molecule has 2 aromatic carbocycles. The Hall–Kier alpha value is -2.77. The van der Waals surface area contributed by atoms with E-state index in [1.165, 1.54) is 27.8 Å². The highest BCUT2D eigenvalue weighted by Crippen LogP contribution is 2.36. The summed E-state index contributed by atoms with van der Waals surface area (Å²) in [5, 5.41) is 3.46. The molecule has 0 aliphatic rings. The van der Waals surface area contributed by atoms with Gasteiger partial charge in [-0.25, -0.2) is 4.98 Å². The third-order valence-corrected chi connectivity index (χ3v) is 7.33. The van der Waals surface area contributed by atoms with Crippen molar-refractivity contribution in [2.75, 3.05) is 5.32 Å². The van der Waals surface area contributed by atoms with Crippen molar-refractivity contribution in [2.24, 2.45) is 0 Å². The fourth-order valence-electron chi connectivity index (χ4n) is 3.76. The van der Waals surface area contributed by atoms with Crippen LogP contribution in [-0.2, 0) is 23.2 Å². The Bertz CT molecular complexity index is 1360. The van der Waals surface area contributed by atoms with Gasteiger partial charge in [-0.15, -0.1) is 11.3 Å². The lowest BCUT2D eigenvalue weighted by Crippen LogP contribution is -2.27. The molecule has 0 bridgehead atoms. The van der Waals surface area contributed by atoms with Crippen molar-refractivity contribution in [2.45, 2.75) is 46.1 Å². The maximum atomic E-state index is 13.4. The van der Waals surface area contributed by atoms with Crippen molar-refractivity contribution in [1.29, 1.82) is 0 Å². The first kappa shape index (κ1) is 23.4. The number of nitrogens with one attached hydrogen (secondary N) is 1. The van der Waals surface area contributed by atoms with Gasteiger partial charge in [0.25, 0.3) is 5.56 Å². The molecule has 4 aromatic rings. The van der Waals surface area contributed by atoms with E-state index in [9.17, 15) is 9.59 Å². The molecule has 5 nitrogen and oxygen atoms in total. The van der Waals surface area contributed by atoms with Crippen molar-refractivity contribution in [3.63, 3.8) is 0 Å². The van der Waals surface area contributed by atoms with Gasteiger partial charge in [0.1, 0.15) is 11.4 Å². The number of halogens is 1. The maximum Gasteiger partial charge on any atom is 0.263 e. The van der Waals surface area contributed by atoms with Gasteiger partial charge in [0.2, 0.25) is 5.91 Å². The van der Waals surface area contributed by atoms with Crippen molar-refractivity contribution < 1.29 is 4.79 Å². The number of hydrogen-bond donors (Lipinski definition) is 1. The van der Waals surface area contributed by atoms with Crippen LogP contribution in [0.4, 0.5) is 5.69 Å². The van der Waals surface area contributed by atoms with E-state index in [1.54, 1.807) is 0 Å². The molecule has 0 aliphatic carbocycles. The molecule has 0 atom stereocenters. The molecule has 7 heteroatoms. The SMILES string of the molecule is CCc1sc2ncn(CC(=O)Nc3ccc(C(C)(C)C)cc3)c(=O)c2c1-c1ccc(Br)cc1. The van der Waals surface area contributed by atoms with Gasteiger partial charge in [0.15, 0.2) is 0 Å². The summed E-state index contributed by atoms with van der Waals surface area (Å²) in [7, 11) is 0. The number of rotatable bonds is 5. The minimum absolute atomic E-state index is 0.0430. The minimum atomic E-state index is -0.266. The molecule has 1 amide bonds. The molecule has 2 aromatic heterocycles. The number of hydrogen-bond acceptors (Lipinski definition) is 4. The Labute approximate surface area is 205 Å². The topological polar surface area (TPSA) is 64.0 Å². The first-order valence-electron chi connectivity index (χ1n) is 10.8. The van der Waals surface area contributed by atoms with Crippen LogP contribution in [0.25, 0.3) is 21.3 Å². The second kappa shape index (κ2) is 9.23. The molecule has 170 valence electrons. The molecule has 0 fully saturated rings. The van der Waals surface area contributed by atoms with Gasteiger partial charge < -0.3 is 5.32 Å². The summed E-state index contributed by atoms with van der Waals surface area (Å²) >= 11 is 5.00. The molecule has 4 rings (SSSR count). The third-order valence-electron chi connectivity index (χ3n) is 5.55. The maximum absolute atomic E-state index is 13.4. The predicted molar refractivity (Wildman–Crippen MR) is 140 cm³/mol. The molecule has 1 N–H and O–H groups in total. The van der Waals surface area contributed by atoms with Crippen LogP contribution in [-0.4, -0.2) is 15.5 Å². The Kier molecular flexibility index (Phi) is 6.54. The van der Waals surface area contributed by atoms with E-state index in [0.29, 0.717) is 15.9 Å². The summed E-state index contributed by atoms with van der Waals surface area (Å²) in [4.78, 5) is 32.4. The van der Waals surface area contributed by atoms with Gasteiger partial charge in [-0.3, -0.25) is 14.2 Å². The van der Waals surface area contributed by atoms with Gasteiger partial charge in [0, 0.05) is 20.6 Å². The molecular weight excluding hydrogens is 498 g/mol. The Morgan fingerprint density at radius 3 is 2.36 bits per heavy atom. The lowest BCUT2D eigenvalue weighted by Gasteiger charge is -2.19. The summed E-state index contributed by atoms with van der Waals surface area (Å²) in [6.07, 6.45) is 2.27. The van der Waals surface area contributed by atoms with Gasteiger partial charge in [-0.05, 0) is 47.2 Å². The van der Waals surface area contributed by atoms with Crippen LogP contribution < -0.4 is 10.9 Å². The molecule has 0 radical (unpaired) electrons. The van der Waals surface area contributed by atoms with E-state index >= 15 is 0 Å². The monoisotopic (exact) mass is 523 g/mol. The number of aryl methyl sites for hydroxylation is 1. The van der Waals surface area contributed by atoms with Crippen molar-refractivity contribution >= 4 is 49.1 Å². The summed E-state index contributed by atoms with van der Waals surface area (Å²) in [6.45, 7) is 8.41. The highest BCUT2D eigenvalue weighted by molar-refractivity contribution is 9.10. The second-order valence-corrected chi connectivity index (χ2v) is 11.0. The van der Waals surface area contributed by atoms with E-state index in [-0.39, 0.29) is 23.4 Å². The first-order chi connectivity index (χ1) is 15.7. The fraction of sp³-hybridized carbons (Fsp3) is 0.269. The van der Waals surface area contributed by atoms with Crippen molar-refractivity contribution in [3.8, 4) is 11.1 Å². The number of nitrogens with zero attached hydrogens (tertiary/aromatic N) is 2. The predicted octanol–water partition coefficient (Wildman–Crippen LogP) is 6.39. The fourth-order valence-corrected chi connectivity index (χ4v) is 5.12. The van der Waals surface area contributed by atoms with Gasteiger partial charge in [0.05, 0.1) is 11.7 Å².